The molecular formula is CH4FO3PS. The Bertz CT molecular complexity index is 137. The Balaban J connectivity index is 4.10. The molecule has 0 bridgehead atoms. The first kappa shape index (κ1) is 7.27. The maximum Gasteiger partial charge on any atom is 0.301 e. The zero-order valence-electron chi connectivity index (χ0n) is 3.20. The van der Waals surface area contributed by atoms with E-state index in [1.807, 2.05) is 0 Å². The first-order valence-corrected chi connectivity index (χ1v) is 3.47. The van der Waals surface area contributed by atoms with Crippen molar-refractivity contribution in [1.29, 1.82) is 0 Å². The van der Waals surface area contributed by atoms with Crippen LogP contribution < -0.4 is 0 Å². The standard InChI is InChI=1S/CH4FO3PS/c2-1(6)7(3,4)5/h1H,6H2,(H,3,4,5). The van der Waals surface area contributed by atoms with Gasteiger partial charge < -0.3 is 0 Å². The minimum absolute atomic E-state index is 1.30. The van der Waals surface area contributed by atoms with Crippen LogP contribution in [0.15, 0.2) is 0 Å². The van der Waals surface area contributed by atoms with Gasteiger partial charge in [-0.2, -0.15) is 8.42 Å². The fourth-order valence-corrected chi connectivity index (χ4v) is 0. The van der Waals surface area contributed by atoms with Crippen molar-refractivity contribution >= 4 is 19.4 Å². The molecule has 2 unspecified atom stereocenters. The van der Waals surface area contributed by atoms with Gasteiger partial charge in [-0.3, -0.25) is 4.55 Å². The van der Waals surface area contributed by atoms with E-state index in [1.165, 1.54) is 9.24 Å². The van der Waals surface area contributed by atoms with E-state index in [9.17, 15) is 12.8 Å². The zero-order valence-corrected chi connectivity index (χ0v) is 5.18. The van der Waals surface area contributed by atoms with Gasteiger partial charge >= 0.3 is 10.1 Å². The molecule has 0 saturated heterocycles. The Hall–Kier alpha value is 0.270. The molecule has 6 heteroatoms. The van der Waals surface area contributed by atoms with Crippen LogP contribution in [0.5, 0.6) is 0 Å². The summed E-state index contributed by atoms with van der Waals surface area (Å²) in [5.74, 6) is 0. The van der Waals surface area contributed by atoms with Gasteiger partial charge in [0.1, 0.15) is 0 Å². The highest BCUT2D eigenvalue weighted by Gasteiger charge is 2.13. The second-order valence-electron chi connectivity index (χ2n) is 0.866. The van der Waals surface area contributed by atoms with Crippen molar-refractivity contribution in [2.24, 2.45) is 0 Å². The van der Waals surface area contributed by atoms with Crippen molar-refractivity contribution < 1.29 is 17.4 Å². The van der Waals surface area contributed by atoms with E-state index in [4.69, 9.17) is 4.55 Å². The van der Waals surface area contributed by atoms with E-state index in [1.54, 1.807) is 0 Å². The predicted molar refractivity (Wildman–Crippen MR) is 26.2 cm³/mol. The van der Waals surface area contributed by atoms with Crippen LogP contribution >= 0.6 is 9.24 Å². The van der Waals surface area contributed by atoms with Gasteiger partial charge in [-0.15, -0.1) is 0 Å². The second-order valence-corrected chi connectivity index (χ2v) is 3.41. The summed E-state index contributed by atoms with van der Waals surface area (Å²) in [5.41, 5.74) is 0. The minimum atomic E-state index is -4.44. The van der Waals surface area contributed by atoms with Crippen LogP contribution in [-0.2, 0) is 10.1 Å². The molecule has 0 fully saturated rings. The van der Waals surface area contributed by atoms with Gasteiger partial charge in [0.25, 0.3) is 0 Å². The van der Waals surface area contributed by atoms with Crippen LogP contribution in [0.4, 0.5) is 4.39 Å². The molecule has 0 amide bonds. The molecule has 44 valence electrons. The molecular weight excluding hydrogens is 142 g/mol. The molecule has 0 aromatic heterocycles. The zero-order chi connectivity index (χ0) is 6.08. The Morgan fingerprint density at radius 2 is 1.86 bits per heavy atom. The maximum atomic E-state index is 11.3. The van der Waals surface area contributed by atoms with Crippen LogP contribution in [0.25, 0.3) is 0 Å². The van der Waals surface area contributed by atoms with Crippen LogP contribution in [0.2, 0.25) is 0 Å². The molecule has 0 heterocycles. The average molecular weight is 146 g/mol. The molecule has 0 aliphatic carbocycles. The molecule has 0 aliphatic heterocycles. The van der Waals surface area contributed by atoms with Crippen molar-refractivity contribution in [2.45, 2.75) is 5.24 Å². The second kappa shape index (κ2) is 2.03. The molecule has 0 aromatic carbocycles. The molecule has 2 atom stereocenters. The summed E-state index contributed by atoms with van der Waals surface area (Å²) >= 11 is 0. The fourth-order valence-electron chi connectivity index (χ4n) is 0. The molecule has 0 aromatic rings. The summed E-state index contributed by atoms with van der Waals surface area (Å²) in [6, 6.07) is 0. The van der Waals surface area contributed by atoms with Gasteiger partial charge in [0.15, 0.2) is 0 Å². The lowest BCUT2D eigenvalue weighted by atomic mass is 11.8. The Morgan fingerprint density at radius 1 is 1.71 bits per heavy atom. The van der Waals surface area contributed by atoms with Crippen LogP contribution in [0.1, 0.15) is 0 Å². The van der Waals surface area contributed by atoms with Crippen LogP contribution in [0.3, 0.4) is 0 Å². The summed E-state index contributed by atoms with van der Waals surface area (Å²) in [4.78, 5) is 0. The monoisotopic (exact) mass is 146 g/mol. The van der Waals surface area contributed by atoms with Crippen molar-refractivity contribution in [2.75, 3.05) is 0 Å². The first-order chi connectivity index (χ1) is 2.94. The van der Waals surface area contributed by atoms with Crippen molar-refractivity contribution in [1.82, 2.24) is 0 Å². The molecule has 7 heavy (non-hydrogen) atoms. The molecule has 0 saturated carbocycles. The molecule has 3 nitrogen and oxygen atoms in total. The highest BCUT2D eigenvalue weighted by atomic mass is 32.2. The van der Waals surface area contributed by atoms with Crippen molar-refractivity contribution in [3.05, 3.63) is 0 Å². The quantitative estimate of drug-likeness (QED) is 0.418. The Kier molecular flexibility index (Phi) is 2.10. The molecule has 0 spiro atoms. The van der Waals surface area contributed by atoms with E-state index < -0.39 is 15.4 Å². The number of hydrogen-bond acceptors (Lipinski definition) is 2. The fraction of sp³-hybridized carbons (Fsp3) is 1.00. The third-order valence-electron chi connectivity index (χ3n) is 0.285. The largest absolute Gasteiger partial charge is 0.301 e. The van der Waals surface area contributed by atoms with E-state index in [-0.39, 0.29) is 0 Å². The molecule has 0 aliphatic rings. The minimum Gasteiger partial charge on any atom is -0.283 e. The lowest BCUT2D eigenvalue weighted by Crippen LogP contribution is -2.05. The average Bonchev–Trinajstić information content (AvgIpc) is 1.31. The van der Waals surface area contributed by atoms with Gasteiger partial charge in [0, 0.05) is 0 Å². The number of hydrogen-bond donors (Lipinski definition) is 1. The van der Waals surface area contributed by atoms with Crippen LogP contribution in [0, 0.1) is 0 Å². The van der Waals surface area contributed by atoms with E-state index in [0.29, 0.717) is 0 Å². The normalized spacial score (nSPS) is 16.4. The van der Waals surface area contributed by atoms with Gasteiger partial charge in [0.2, 0.25) is 5.24 Å². The summed E-state index contributed by atoms with van der Waals surface area (Å²) in [5, 5.41) is -2.26. The highest BCUT2D eigenvalue weighted by molar-refractivity contribution is 7.90. The Morgan fingerprint density at radius 3 is 1.86 bits per heavy atom. The van der Waals surface area contributed by atoms with Crippen molar-refractivity contribution in [3.8, 4) is 0 Å². The summed E-state index contributed by atoms with van der Waals surface area (Å²) in [7, 11) is -3.15. The van der Waals surface area contributed by atoms with Gasteiger partial charge in [-0.1, -0.05) is 9.24 Å². The number of halogens is 1. The third-order valence-corrected chi connectivity index (χ3v) is 1.89. The topological polar surface area (TPSA) is 54.4 Å². The molecule has 1 N–H and O–H groups in total. The highest BCUT2D eigenvalue weighted by Crippen LogP contribution is 2.06. The Labute approximate surface area is 42.9 Å². The van der Waals surface area contributed by atoms with E-state index in [2.05, 4.69) is 0 Å². The molecule has 0 rings (SSSR count). The number of rotatable bonds is 1. The third kappa shape index (κ3) is 2.91. The van der Waals surface area contributed by atoms with Gasteiger partial charge in [-0.25, -0.2) is 4.39 Å². The van der Waals surface area contributed by atoms with Gasteiger partial charge in [-0.05, 0) is 0 Å². The van der Waals surface area contributed by atoms with Gasteiger partial charge in [0.05, 0.1) is 0 Å². The van der Waals surface area contributed by atoms with Crippen LogP contribution in [-0.4, -0.2) is 18.2 Å². The van der Waals surface area contributed by atoms with E-state index >= 15 is 0 Å². The SMILES string of the molecule is O=S(=O)(O)C(F)P. The van der Waals surface area contributed by atoms with E-state index in [0.717, 1.165) is 0 Å². The summed E-state index contributed by atoms with van der Waals surface area (Å²) in [6.45, 7) is 0. The maximum absolute atomic E-state index is 11.3. The summed E-state index contributed by atoms with van der Waals surface area (Å²) in [6.07, 6.45) is 0. The first-order valence-electron chi connectivity index (χ1n) is 1.30. The summed E-state index contributed by atoms with van der Waals surface area (Å²) < 4.78 is 38.0. The smallest absolute Gasteiger partial charge is 0.283 e. The lowest BCUT2D eigenvalue weighted by molar-refractivity contribution is 0.432. The predicted octanol–water partition coefficient (Wildman–Crippen LogP) is 0.00240. The number of alkyl halides is 1. The molecule has 0 radical (unpaired) electrons. The van der Waals surface area contributed by atoms with Crippen molar-refractivity contribution in [3.63, 3.8) is 0 Å². The lowest BCUT2D eigenvalue weighted by Gasteiger charge is -1.90.